The Kier molecular flexibility index (Phi) is 5.77. The van der Waals surface area contributed by atoms with Gasteiger partial charge in [0.1, 0.15) is 5.60 Å². The molecule has 5 N–H and O–H groups in total. The van der Waals surface area contributed by atoms with Crippen LogP contribution >= 0.6 is 0 Å². The Bertz CT molecular complexity index is 978. The SMILES string of the molecule is C[C@H]1[C@H](C)CC[C@]2(C(=O)O)CC[C@]3(C)C(=CC[C@@H]4[C@@]5(C)CC[C@@H](O)[C@](C)(CO)[C@]5(O)[C@H](O)C[C@]43C)[C@H]12. The van der Waals surface area contributed by atoms with Gasteiger partial charge in [0.05, 0.1) is 24.2 Å². The zero-order valence-corrected chi connectivity index (χ0v) is 23.0. The molecule has 0 radical (unpaired) electrons. The van der Waals surface area contributed by atoms with Crippen LogP contribution in [0.15, 0.2) is 11.6 Å². The molecular weight excluding hydrogens is 456 g/mol. The van der Waals surface area contributed by atoms with Gasteiger partial charge in [-0.3, -0.25) is 4.79 Å². The summed E-state index contributed by atoms with van der Waals surface area (Å²) in [4.78, 5) is 12.8. The van der Waals surface area contributed by atoms with Gasteiger partial charge in [-0.1, -0.05) is 53.2 Å². The predicted octanol–water partition coefficient (Wildman–Crippen LogP) is 4.15. The molecule has 6 nitrogen and oxygen atoms in total. The van der Waals surface area contributed by atoms with Crippen molar-refractivity contribution in [3.8, 4) is 0 Å². The van der Waals surface area contributed by atoms with E-state index in [1.54, 1.807) is 6.92 Å². The number of aliphatic hydroxyl groups excluding tert-OH is 3. The Morgan fingerprint density at radius 1 is 0.972 bits per heavy atom. The van der Waals surface area contributed by atoms with Crippen LogP contribution in [0.1, 0.15) is 92.9 Å². The summed E-state index contributed by atoms with van der Waals surface area (Å²) in [5.74, 6) is 0.0906. The van der Waals surface area contributed by atoms with Crippen LogP contribution in [0.5, 0.6) is 0 Å². The summed E-state index contributed by atoms with van der Waals surface area (Å²) in [6.45, 7) is 12.5. The van der Waals surface area contributed by atoms with Gasteiger partial charge in [0.25, 0.3) is 0 Å². The minimum absolute atomic E-state index is 0.0167. The van der Waals surface area contributed by atoms with Crippen molar-refractivity contribution in [2.45, 2.75) is 111 Å². The molecule has 204 valence electrons. The van der Waals surface area contributed by atoms with Gasteiger partial charge in [-0.25, -0.2) is 0 Å². The van der Waals surface area contributed by atoms with E-state index < -0.39 is 46.6 Å². The van der Waals surface area contributed by atoms with E-state index >= 15 is 0 Å². The third kappa shape index (κ3) is 2.70. The van der Waals surface area contributed by atoms with Crippen molar-refractivity contribution in [1.82, 2.24) is 0 Å². The molecule has 6 heteroatoms. The molecule has 0 spiro atoms. The number of hydrogen-bond acceptors (Lipinski definition) is 5. The first kappa shape index (κ1) is 26.6. The van der Waals surface area contributed by atoms with Gasteiger partial charge >= 0.3 is 5.97 Å². The van der Waals surface area contributed by atoms with Crippen molar-refractivity contribution in [1.29, 1.82) is 0 Å². The summed E-state index contributed by atoms with van der Waals surface area (Å²) in [5, 5.41) is 56.0. The van der Waals surface area contributed by atoms with E-state index in [0.717, 1.165) is 25.7 Å². The van der Waals surface area contributed by atoms with Crippen LogP contribution in [0.3, 0.4) is 0 Å². The summed E-state index contributed by atoms with van der Waals surface area (Å²) in [7, 11) is 0. The fourth-order valence-corrected chi connectivity index (χ4v) is 10.9. The van der Waals surface area contributed by atoms with Crippen LogP contribution in [-0.4, -0.2) is 55.9 Å². The van der Waals surface area contributed by atoms with E-state index in [1.807, 2.05) is 0 Å². The Hall–Kier alpha value is -0.950. The third-order valence-corrected chi connectivity index (χ3v) is 13.7. The average Bonchev–Trinajstić information content (AvgIpc) is 2.82. The Balaban J connectivity index is 1.67. The largest absolute Gasteiger partial charge is 0.481 e. The zero-order valence-electron chi connectivity index (χ0n) is 23.0. The first-order chi connectivity index (χ1) is 16.6. The molecule has 12 atom stereocenters. The predicted molar refractivity (Wildman–Crippen MR) is 137 cm³/mol. The van der Waals surface area contributed by atoms with Gasteiger partial charge in [-0.15, -0.1) is 0 Å². The Morgan fingerprint density at radius 2 is 1.64 bits per heavy atom. The van der Waals surface area contributed by atoms with Crippen molar-refractivity contribution >= 4 is 5.97 Å². The number of aliphatic carboxylic acids is 1. The van der Waals surface area contributed by atoms with Crippen LogP contribution in [0.4, 0.5) is 0 Å². The molecule has 0 amide bonds. The molecule has 0 unspecified atom stereocenters. The highest BCUT2D eigenvalue weighted by Crippen LogP contribution is 2.76. The molecule has 0 aliphatic heterocycles. The summed E-state index contributed by atoms with van der Waals surface area (Å²) < 4.78 is 0. The third-order valence-electron chi connectivity index (χ3n) is 13.7. The van der Waals surface area contributed by atoms with E-state index in [-0.39, 0.29) is 28.6 Å². The highest BCUT2D eigenvalue weighted by Gasteiger charge is 2.77. The van der Waals surface area contributed by atoms with Crippen molar-refractivity contribution in [3.63, 3.8) is 0 Å². The van der Waals surface area contributed by atoms with Gasteiger partial charge in [0.15, 0.2) is 0 Å². The first-order valence-corrected chi connectivity index (χ1v) is 14.2. The number of carboxylic acids is 1. The standard InChI is InChI=1S/C30H48O6/c1-17-9-12-29(24(34)35)14-13-25(3)19(23(29)18(17)2)7-8-20-26(4)11-10-21(32)28(6,16-31)30(26,36)22(33)15-27(20,25)5/h7,17-18,20-23,31-33,36H,8-16H2,1-6H3,(H,34,35)/t17-,18+,20-,21-,22-,23+,25-,26-,27-,28+,29+,30+/m1/s1. The van der Waals surface area contributed by atoms with Gasteiger partial charge in [0, 0.05) is 10.8 Å². The first-order valence-electron chi connectivity index (χ1n) is 14.2. The highest BCUT2D eigenvalue weighted by atomic mass is 16.4. The lowest BCUT2D eigenvalue weighted by Crippen LogP contribution is -2.79. The minimum Gasteiger partial charge on any atom is -0.481 e. The van der Waals surface area contributed by atoms with Gasteiger partial charge < -0.3 is 25.5 Å². The summed E-state index contributed by atoms with van der Waals surface area (Å²) in [6, 6.07) is 0. The second-order valence-electron chi connectivity index (χ2n) is 14.5. The maximum Gasteiger partial charge on any atom is 0.310 e. The number of carboxylic acid groups (broad SMARTS) is 1. The van der Waals surface area contributed by atoms with Crippen molar-refractivity contribution in [2.75, 3.05) is 6.61 Å². The van der Waals surface area contributed by atoms with E-state index in [9.17, 15) is 30.3 Å². The normalized spacial score (nSPS) is 58.6. The fraction of sp³-hybridized carbons (Fsp3) is 0.900. The van der Waals surface area contributed by atoms with Crippen molar-refractivity contribution in [2.24, 2.45) is 50.7 Å². The van der Waals surface area contributed by atoms with E-state index in [2.05, 4.69) is 40.7 Å². The second-order valence-corrected chi connectivity index (χ2v) is 14.5. The number of fused-ring (bicyclic) bond motifs is 7. The number of allylic oxidation sites excluding steroid dienone is 2. The molecule has 0 heterocycles. The molecule has 36 heavy (non-hydrogen) atoms. The topological polar surface area (TPSA) is 118 Å². The lowest BCUT2D eigenvalue weighted by atomic mass is 9.31. The van der Waals surface area contributed by atoms with Gasteiger partial charge in [-0.05, 0) is 85.9 Å². The molecule has 0 aromatic rings. The van der Waals surface area contributed by atoms with Crippen molar-refractivity contribution in [3.05, 3.63) is 11.6 Å². The van der Waals surface area contributed by atoms with Gasteiger partial charge in [-0.2, -0.15) is 0 Å². The van der Waals surface area contributed by atoms with E-state index in [1.165, 1.54) is 5.57 Å². The fourth-order valence-electron chi connectivity index (χ4n) is 10.9. The molecular formula is C30H48O6. The number of carbonyl (C=O) groups is 1. The van der Waals surface area contributed by atoms with Crippen LogP contribution < -0.4 is 0 Å². The quantitative estimate of drug-likeness (QED) is 0.361. The Morgan fingerprint density at radius 3 is 2.25 bits per heavy atom. The van der Waals surface area contributed by atoms with Crippen LogP contribution in [0, 0.1) is 50.7 Å². The number of hydrogen-bond donors (Lipinski definition) is 5. The molecule has 5 rings (SSSR count). The molecule has 0 aromatic heterocycles. The summed E-state index contributed by atoms with van der Waals surface area (Å²) in [6.07, 6.45) is 5.55. The van der Waals surface area contributed by atoms with Crippen LogP contribution in [0.25, 0.3) is 0 Å². The zero-order chi connectivity index (χ0) is 26.7. The maximum atomic E-state index is 12.8. The molecule has 4 fully saturated rings. The smallest absolute Gasteiger partial charge is 0.310 e. The monoisotopic (exact) mass is 504 g/mol. The molecule has 5 aliphatic rings. The average molecular weight is 505 g/mol. The lowest BCUT2D eigenvalue weighted by molar-refractivity contribution is -0.338. The summed E-state index contributed by atoms with van der Waals surface area (Å²) in [5.41, 5.74) is -3.62. The molecule has 5 aliphatic carbocycles. The summed E-state index contributed by atoms with van der Waals surface area (Å²) >= 11 is 0. The number of rotatable bonds is 2. The molecule has 0 aromatic carbocycles. The molecule has 0 saturated heterocycles. The van der Waals surface area contributed by atoms with E-state index in [4.69, 9.17) is 0 Å². The maximum absolute atomic E-state index is 12.8. The molecule has 0 bridgehead atoms. The molecule has 4 saturated carbocycles. The minimum atomic E-state index is -1.62. The van der Waals surface area contributed by atoms with Crippen LogP contribution in [0.2, 0.25) is 0 Å². The van der Waals surface area contributed by atoms with E-state index in [0.29, 0.717) is 31.6 Å². The van der Waals surface area contributed by atoms with Crippen molar-refractivity contribution < 1.29 is 30.3 Å². The van der Waals surface area contributed by atoms with Gasteiger partial charge in [0.2, 0.25) is 0 Å². The van der Waals surface area contributed by atoms with Crippen LogP contribution in [-0.2, 0) is 4.79 Å². The second kappa shape index (κ2) is 7.80. The Labute approximate surface area is 216 Å². The number of aliphatic hydroxyl groups is 4. The lowest BCUT2D eigenvalue weighted by Gasteiger charge is -2.74. The highest BCUT2D eigenvalue weighted by molar-refractivity contribution is 5.76.